The number of phenols is 2. The number of carbonyl (C=O) groups is 2. The quantitative estimate of drug-likeness (QED) is 0.226. The molecular formula is C40H64N2O4. The second-order valence-electron chi connectivity index (χ2n) is 17.4. The Kier molecular flexibility index (Phi) is 12.4. The Balaban J connectivity index is 2.67. The Morgan fingerprint density at radius 3 is 1.13 bits per heavy atom. The second kappa shape index (κ2) is 14.5. The van der Waals surface area contributed by atoms with Crippen molar-refractivity contribution in [2.24, 2.45) is 5.73 Å². The van der Waals surface area contributed by atoms with Crippen LogP contribution in [-0.2, 0) is 31.2 Å². The maximum atomic E-state index is 14.4. The maximum absolute atomic E-state index is 14.4. The molecule has 0 aliphatic carbocycles. The van der Waals surface area contributed by atoms with Crippen molar-refractivity contribution in [3.63, 3.8) is 0 Å². The van der Waals surface area contributed by atoms with E-state index in [0.717, 1.165) is 52.6 Å². The van der Waals surface area contributed by atoms with Gasteiger partial charge in [0, 0.05) is 6.54 Å². The number of rotatable bonds is 10. The molecule has 0 saturated carbocycles. The number of hydrogen-bond acceptors (Lipinski definition) is 5. The zero-order valence-electron chi connectivity index (χ0n) is 31.4. The van der Waals surface area contributed by atoms with Gasteiger partial charge in [0.05, 0.1) is 11.8 Å². The van der Waals surface area contributed by atoms with Gasteiger partial charge in [-0.05, 0) is 88.3 Å². The van der Waals surface area contributed by atoms with Crippen molar-refractivity contribution in [1.29, 1.82) is 0 Å². The lowest BCUT2D eigenvalue weighted by Gasteiger charge is -2.32. The summed E-state index contributed by atoms with van der Waals surface area (Å²) in [6.45, 7) is 29.3. The van der Waals surface area contributed by atoms with E-state index in [0.29, 0.717) is 19.5 Å². The summed E-state index contributed by atoms with van der Waals surface area (Å²) in [5.41, 5.74) is 9.08. The normalized spacial score (nSPS) is 14.2. The lowest BCUT2D eigenvalue weighted by Crippen LogP contribution is -2.42. The van der Waals surface area contributed by atoms with Crippen molar-refractivity contribution < 1.29 is 19.8 Å². The lowest BCUT2D eigenvalue weighted by atomic mass is 9.77. The van der Waals surface area contributed by atoms with Crippen LogP contribution in [0.1, 0.15) is 168 Å². The molecule has 2 unspecified atom stereocenters. The highest BCUT2D eigenvalue weighted by atomic mass is 16.3. The summed E-state index contributed by atoms with van der Waals surface area (Å²) in [6.07, 6.45) is 3.43. The molecule has 6 nitrogen and oxygen atoms in total. The van der Waals surface area contributed by atoms with Crippen LogP contribution in [0.15, 0.2) is 24.3 Å². The number of benzene rings is 2. The zero-order chi connectivity index (χ0) is 35.6. The van der Waals surface area contributed by atoms with Gasteiger partial charge in [-0.1, -0.05) is 120 Å². The Hall–Kier alpha value is -2.86. The summed E-state index contributed by atoms with van der Waals surface area (Å²) >= 11 is 0. The van der Waals surface area contributed by atoms with Crippen LogP contribution in [-0.4, -0.2) is 40.0 Å². The van der Waals surface area contributed by atoms with Crippen LogP contribution in [0.4, 0.5) is 0 Å². The molecule has 46 heavy (non-hydrogen) atoms. The molecule has 0 radical (unpaired) electrons. The fourth-order valence-corrected chi connectivity index (χ4v) is 5.95. The molecule has 0 saturated heterocycles. The number of amides is 2. The van der Waals surface area contributed by atoms with Gasteiger partial charge >= 0.3 is 0 Å². The molecule has 0 heterocycles. The van der Waals surface area contributed by atoms with Crippen LogP contribution in [0.5, 0.6) is 11.5 Å². The van der Waals surface area contributed by atoms with Crippen LogP contribution in [0, 0.1) is 0 Å². The van der Waals surface area contributed by atoms with Gasteiger partial charge in [0.25, 0.3) is 0 Å². The van der Waals surface area contributed by atoms with E-state index in [4.69, 9.17) is 5.73 Å². The molecule has 2 aromatic rings. The fourth-order valence-electron chi connectivity index (χ4n) is 5.95. The van der Waals surface area contributed by atoms with Gasteiger partial charge in [0.15, 0.2) is 0 Å². The highest BCUT2D eigenvalue weighted by molar-refractivity contribution is 6.01. The van der Waals surface area contributed by atoms with Crippen LogP contribution < -0.4 is 5.73 Å². The summed E-state index contributed by atoms with van der Waals surface area (Å²) in [6, 6.07) is 7.74. The molecule has 6 heteroatoms. The first-order valence-electron chi connectivity index (χ1n) is 17.1. The van der Waals surface area contributed by atoms with Gasteiger partial charge in [-0.3, -0.25) is 14.5 Å². The summed E-state index contributed by atoms with van der Waals surface area (Å²) in [4.78, 5) is 30.3. The molecule has 2 atom stereocenters. The number of aromatic hydroxyl groups is 2. The van der Waals surface area contributed by atoms with E-state index in [1.807, 2.05) is 38.1 Å². The minimum absolute atomic E-state index is 0.244. The SMILES string of the molecule is CC(C(=O)N(CCCCCCN)C(=O)C(C)c1cc(C(C)(C)C)c(O)c(C(C)(C)C)c1)c1cc(C(C)(C)C)c(O)c(C(C)(C)C)c1. The highest BCUT2D eigenvalue weighted by Crippen LogP contribution is 2.43. The molecule has 0 aliphatic heterocycles. The largest absolute Gasteiger partial charge is 0.507 e. The summed E-state index contributed by atoms with van der Waals surface area (Å²) in [5, 5.41) is 22.6. The van der Waals surface area contributed by atoms with E-state index in [-0.39, 0.29) is 45.0 Å². The van der Waals surface area contributed by atoms with Crippen LogP contribution in [0.25, 0.3) is 0 Å². The van der Waals surface area contributed by atoms with Crippen molar-refractivity contribution in [3.8, 4) is 11.5 Å². The third-order valence-corrected chi connectivity index (χ3v) is 9.11. The minimum atomic E-state index is -0.599. The Morgan fingerprint density at radius 1 is 0.587 bits per heavy atom. The molecule has 0 fully saturated rings. The predicted molar refractivity (Wildman–Crippen MR) is 192 cm³/mol. The average molecular weight is 637 g/mol. The summed E-state index contributed by atoms with van der Waals surface area (Å²) in [5.74, 6) is -1.15. The van der Waals surface area contributed by atoms with E-state index in [1.54, 1.807) is 0 Å². The standard InChI is InChI=1S/C40H64N2O4/c1-25(27-21-29(37(3,4)5)33(43)30(22-27)38(6,7)8)35(45)42(20-18-16-15-17-19-41)36(46)26(2)28-23-31(39(9,10)11)34(44)32(24-28)40(12,13)14/h21-26,43-44H,15-20,41H2,1-14H3. The van der Waals surface area contributed by atoms with Gasteiger partial charge in [0.1, 0.15) is 11.5 Å². The van der Waals surface area contributed by atoms with Crippen molar-refractivity contribution >= 4 is 11.8 Å². The van der Waals surface area contributed by atoms with Crippen LogP contribution in [0.2, 0.25) is 0 Å². The molecule has 0 bridgehead atoms. The highest BCUT2D eigenvalue weighted by Gasteiger charge is 2.35. The maximum Gasteiger partial charge on any atom is 0.236 e. The van der Waals surface area contributed by atoms with Gasteiger partial charge in [-0.25, -0.2) is 0 Å². The number of carbonyl (C=O) groups excluding carboxylic acids is 2. The van der Waals surface area contributed by atoms with Crippen molar-refractivity contribution in [2.45, 2.75) is 156 Å². The van der Waals surface area contributed by atoms with E-state index < -0.39 is 11.8 Å². The number of hydrogen-bond donors (Lipinski definition) is 3. The lowest BCUT2D eigenvalue weighted by molar-refractivity contribution is -0.146. The monoisotopic (exact) mass is 636 g/mol. The first-order chi connectivity index (χ1) is 20.8. The Morgan fingerprint density at radius 2 is 0.870 bits per heavy atom. The molecule has 0 aliphatic rings. The van der Waals surface area contributed by atoms with Crippen molar-refractivity contribution in [3.05, 3.63) is 57.6 Å². The molecule has 2 amide bonds. The number of unbranched alkanes of at least 4 members (excludes halogenated alkanes) is 3. The van der Waals surface area contributed by atoms with Gasteiger partial charge in [-0.2, -0.15) is 0 Å². The Labute approximate surface area is 280 Å². The van der Waals surface area contributed by atoms with Gasteiger partial charge < -0.3 is 15.9 Å². The van der Waals surface area contributed by atoms with E-state index >= 15 is 0 Å². The first kappa shape index (κ1) is 39.3. The van der Waals surface area contributed by atoms with Crippen LogP contribution >= 0.6 is 0 Å². The minimum Gasteiger partial charge on any atom is -0.507 e. The molecule has 258 valence electrons. The second-order valence-corrected chi connectivity index (χ2v) is 17.4. The van der Waals surface area contributed by atoms with Gasteiger partial charge in [0.2, 0.25) is 11.8 Å². The van der Waals surface area contributed by atoms with E-state index in [1.165, 1.54) is 4.90 Å². The van der Waals surface area contributed by atoms with Crippen molar-refractivity contribution in [2.75, 3.05) is 13.1 Å². The van der Waals surface area contributed by atoms with E-state index in [9.17, 15) is 19.8 Å². The smallest absolute Gasteiger partial charge is 0.236 e. The number of phenolic OH excluding ortho intramolecular Hbond substituents is 2. The third-order valence-electron chi connectivity index (χ3n) is 9.11. The number of imide groups is 1. The van der Waals surface area contributed by atoms with Crippen molar-refractivity contribution in [1.82, 2.24) is 4.90 Å². The molecule has 2 aromatic carbocycles. The summed E-state index contributed by atoms with van der Waals surface area (Å²) < 4.78 is 0. The molecule has 0 spiro atoms. The predicted octanol–water partition coefficient (Wildman–Crippen LogP) is 9.07. The summed E-state index contributed by atoms with van der Waals surface area (Å²) in [7, 11) is 0. The Bertz CT molecular complexity index is 1210. The van der Waals surface area contributed by atoms with Crippen LogP contribution in [0.3, 0.4) is 0 Å². The first-order valence-corrected chi connectivity index (χ1v) is 17.1. The third kappa shape index (κ3) is 9.36. The molecule has 2 rings (SSSR count). The molecule has 0 aromatic heterocycles. The number of nitrogens with zero attached hydrogens (tertiary/aromatic N) is 1. The van der Waals surface area contributed by atoms with E-state index in [2.05, 4.69) is 83.1 Å². The fraction of sp³-hybridized carbons (Fsp3) is 0.650. The van der Waals surface area contributed by atoms with Gasteiger partial charge in [-0.15, -0.1) is 0 Å². The topological polar surface area (TPSA) is 104 Å². The average Bonchev–Trinajstić information content (AvgIpc) is 2.91. The zero-order valence-corrected chi connectivity index (χ0v) is 31.4. The molecular weight excluding hydrogens is 572 g/mol. The molecule has 4 N–H and O–H groups in total. The number of nitrogens with two attached hydrogens (primary N) is 1.